The molecule has 1 amide bonds. The molecule has 0 unspecified atom stereocenters. The van der Waals surface area contributed by atoms with Crippen molar-refractivity contribution in [3.05, 3.63) is 23.8 Å². The molecule has 0 atom stereocenters. The lowest BCUT2D eigenvalue weighted by Gasteiger charge is -2.33. The summed E-state index contributed by atoms with van der Waals surface area (Å²) in [6.07, 6.45) is 4.10. The largest absolute Gasteiger partial charge is 0.398 e. The van der Waals surface area contributed by atoms with Gasteiger partial charge in [0.1, 0.15) is 0 Å². The smallest absolute Gasteiger partial charge is 0.253 e. The summed E-state index contributed by atoms with van der Waals surface area (Å²) in [6.45, 7) is 5.04. The van der Waals surface area contributed by atoms with Gasteiger partial charge in [-0.15, -0.1) is 0 Å². The number of benzene rings is 1. The molecule has 0 aromatic heterocycles. The molecule has 4 saturated heterocycles. The number of nitrogens with one attached hydrogen (secondary N) is 1. The lowest BCUT2D eigenvalue weighted by atomic mass is 10.0. The molecule has 28 heavy (non-hydrogen) atoms. The number of amides is 1. The van der Waals surface area contributed by atoms with E-state index < -0.39 is 9.52 Å². The molecule has 0 saturated carbocycles. The fourth-order valence-electron chi connectivity index (χ4n) is 4.69. The van der Waals surface area contributed by atoms with E-state index in [-0.39, 0.29) is 5.91 Å². The molecule has 0 spiro atoms. The summed E-state index contributed by atoms with van der Waals surface area (Å²) in [5.74, 6) is 5.41. The van der Waals surface area contributed by atoms with E-state index in [1.165, 1.54) is 25.9 Å². The molecule has 0 aliphatic carbocycles. The van der Waals surface area contributed by atoms with Crippen molar-refractivity contribution in [2.24, 2.45) is 5.92 Å². The summed E-state index contributed by atoms with van der Waals surface area (Å²) in [7, 11) is -1.88. The molecule has 4 aliphatic heterocycles. The van der Waals surface area contributed by atoms with E-state index >= 15 is 0 Å². The van der Waals surface area contributed by atoms with Crippen LogP contribution in [0, 0.1) is 5.92 Å². The van der Waals surface area contributed by atoms with Crippen LogP contribution in [0.1, 0.15) is 36.0 Å². The molecule has 1 aromatic rings. The van der Waals surface area contributed by atoms with Gasteiger partial charge >= 0.3 is 0 Å². The van der Waals surface area contributed by atoms with E-state index in [1.807, 2.05) is 18.2 Å². The van der Waals surface area contributed by atoms with Crippen LogP contribution in [0.2, 0.25) is 0 Å². The topological polar surface area (TPSA) is 78.7 Å². The quantitative estimate of drug-likeness (QED) is 0.586. The summed E-state index contributed by atoms with van der Waals surface area (Å²) in [4.78, 5) is 17.8. The minimum absolute atomic E-state index is 0.108. The molecule has 7 heteroatoms. The second-order valence-electron chi connectivity index (χ2n) is 8.57. The predicted molar refractivity (Wildman–Crippen MR) is 118 cm³/mol. The second-order valence-corrected chi connectivity index (χ2v) is 11.3. The Morgan fingerprint density at radius 2 is 1.86 bits per heavy atom. The zero-order valence-corrected chi connectivity index (χ0v) is 17.4. The van der Waals surface area contributed by atoms with Crippen molar-refractivity contribution in [1.82, 2.24) is 10.2 Å². The Kier molecular flexibility index (Phi) is 5.56. The molecule has 1 aromatic carbocycles. The van der Waals surface area contributed by atoms with Gasteiger partial charge in [0.2, 0.25) is 0 Å². The SMILES string of the molecule is C=S1(=O)CCC(CNC(=O)c2cc(N3CCN4CCC3CC4)ccc2N)CC1. The first-order valence-corrected chi connectivity index (χ1v) is 12.5. The first-order valence-electron chi connectivity index (χ1n) is 10.4. The van der Waals surface area contributed by atoms with Crippen molar-refractivity contribution in [2.75, 3.05) is 54.9 Å². The third kappa shape index (κ3) is 4.30. The van der Waals surface area contributed by atoms with Gasteiger partial charge < -0.3 is 20.9 Å². The molecule has 6 nitrogen and oxygen atoms in total. The van der Waals surface area contributed by atoms with E-state index in [0.29, 0.717) is 41.3 Å². The highest BCUT2D eigenvalue weighted by molar-refractivity contribution is 8.00. The number of piperidine rings is 1. The van der Waals surface area contributed by atoms with E-state index in [2.05, 4.69) is 21.0 Å². The summed E-state index contributed by atoms with van der Waals surface area (Å²) in [5.41, 5.74) is 8.32. The summed E-state index contributed by atoms with van der Waals surface area (Å²) in [5, 5.41) is 3.05. The van der Waals surface area contributed by atoms with Crippen molar-refractivity contribution in [2.45, 2.75) is 31.7 Å². The molecule has 4 aliphatic rings. The van der Waals surface area contributed by atoms with Gasteiger partial charge in [-0.25, -0.2) is 0 Å². The number of nitrogen functional groups attached to an aromatic ring is 1. The first kappa shape index (κ1) is 19.6. The third-order valence-electron chi connectivity index (χ3n) is 6.62. The zero-order valence-electron chi connectivity index (χ0n) is 16.6. The first-order chi connectivity index (χ1) is 13.4. The fourth-order valence-corrected chi connectivity index (χ4v) is 6.42. The average Bonchev–Trinajstić information content (AvgIpc) is 3.01. The van der Waals surface area contributed by atoms with Crippen LogP contribution in [-0.4, -0.2) is 71.2 Å². The number of nitrogens with two attached hydrogens (primary N) is 1. The van der Waals surface area contributed by atoms with Gasteiger partial charge in [-0.1, -0.05) is 0 Å². The van der Waals surface area contributed by atoms with Gasteiger partial charge in [0.05, 0.1) is 5.56 Å². The van der Waals surface area contributed by atoms with Crippen LogP contribution in [0.5, 0.6) is 0 Å². The van der Waals surface area contributed by atoms with Gasteiger partial charge in [0.25, 0.3) is 5.91 Å². The van der Waals surface area contributed by atoms with Crippen LogP contribution in [0.15, 0.2) is 18.2 Å². The van der Waals surface area contributed by atoms with Gasteiger partial charge in [0.15, 0.2) is 0 Å². The van der Waals surface area contributed by atoms with E-state index in [4.69, 9.17) is 5.73 Å². The van der Waals surface area contributed by atoms with Crippen molar-refractivity contribution in [3.8, 4) is 0 Å². The Morgan fingerprint density at radius 3 is 2.57 bits per heavy atom. The normalized spacial score (nSPS) is 32.7. The number of hydrogen-bond donors (Lipinski definition) is 2. The van der Waals surface area contributed by atoms with Gasteiger partial charge in [-0.05, 0) is 65.2 Å². The van der Waals surface area contributed by atoms with Crippen LogP contribution in [-0.2, 0) is 9.52 Å². The van der Waals surface area contributed by atoms with Crippen molar-refractivity contribution in [3.63, 3.8) is 0 Å². The van der Waals surface area contributed by atoms with Crippen LogP contribution in [0.3, 0.4) is 0 Å². The van der Waals surface area contributed by atoms with E-state index in [9.17, 15) is 9.00 Å². The lowest BCUT2D eigenvalue weighted by Crippen LogP contribution is -2.38. The summed E-state index contributed by atoms with van der Waals surface area (Å²) in [6, 6.07) is 6.42. The monoisotopic (exact) mass is 404 g/mol. The maximum absolute atomic E-state index is 12.8. The Hall–Kier alpha value is -1.73. The van der Waals surface area contributed by atoms with Crippen molar-refractivity contribution in [1.29, 1.82) is 0 Å². The minimum atomic E-state index is -1.88. The zero-order chi connectivity index (χ0) is 19.7. The Morgan fingerprint density at radius 1 is 1.14 bits per heavy atom. The Bertz CT molecular complexity index is 817. The fraction of sp³-hybridized carbons (Fsp3) is 0.619. The standard InChI is InChI=1S/C21H32N4O2S/c1-28(27)12-6-16(7-13-28)15-23-21(26)19-14-18(2-3-20(19)22)25-11-10-24-8-4-17(25)5-9-24/h2-3,14,16-17H,1,4-13,15,22H2,(H,23,26). The number of carbonyl (C=O) groups is 1. The molecule has 154 valence electrons. The Balaban J connectivity index is 1.42. The van der Waals surface area contributed by atoms with E-state index in [1.54, 1.807) is 0 Å². The number of nitrogens with zero attached hydrogens (tertiary/aromatic N) is 2. The van der Waals surface area contributed by atoms with Crippen LogP contribution < -0.4 is 16.0 Å². The van der Waals surface area contributed by atoms with Gasteiger partial charge in [-0.2, -0.15) is 0 Å². The maximum atomic E-state index is 12.8. The highest BCUT2D eigenvalue weighted by Crippen LogP contribution is 2.29. The molecule has 5 rings (SSSR count). The number of hydrogen-bond acceptors (Lipinski definition) is 5. The summed E-state index contributed by atoms with van der Waals surface area (Å²) >= 11 is 0. The Labute approximate surface area is 168 Å². The highest BCUT2D eigenvalue weighted by atomic mass is 32.2. The van der Waals surface area contributed by atoms with Crippen LogP contribution in [0.25, 0.3) is 0 Å². The molecule has 4 heterocycles. The van der Waals surface area contributed by atoms with E-state index in [0.717, 1.165) is 31.6 Å². The second kappa shape index (κ2) is 7.95. The van der Waals surface area contributed by atoms with Crippen molar-refractivity contribution < 1.29 is 9.00 Å². The minimum Gasteiger partial charge on any atom is -0.398 e. The maximum Gasteiger partial charge on any atom is 0.253 e. The van der Waals surface area contributed by atoms with Crippen LogP contribution >= 0.6 is 0 Å². The van der Waals surface area contributed by atoms with Gasteiger partial charge in [-0.3, -0.25) is 9.00 Å². The van der Waals surface area contributed by atoms with Crippen LogP contribution in [0.4, 0.5) is 11.4 Å². The highest BCUT2D eigenvalue weighted by Gasteiger charge is 2.29. The molecule has 4 fully saturated rings. The number of carbonyl (C=O) groups excluding carboxylic acids is 1. The third-order valence-corrected chi connectivity index (χ3v) is 8.58. The molecule has 0 radical (unpaired) electrons. The number of rotatable bonds is 4. The number of anilines is 2. The molecule has 3 N–H and O–H groups in total. The molecule has 2 bridgehead atoms. The van der Waals surface area contributed by atoms with Crippen molar-refractivity contribution >= 4 is 32.7 Å². The lowest BCUT2D eigenvalue weighted by molar-refractivity contribution is 0.0947. The molecular weight excluding hydrogens is 372 g/mol. The molecular formula is C21H32N4O2S. The predicted octanol–water partition coefficient (Wildman–Crippen LogP) is 1.41. The summed E-state index contributed by atoms with van der Waals surface area (Å²) < 4.78 is 12.0. The number of fused-ring (bicyclic) bond motifs is 4. The van der Waals surface area contributed by atoms with Gasteiger partial charge in [0, 0.05) is 61.6 Å². The average molecular weight is 405 g/mol.